The first-order chi connectivity index (χ1) is 16.5. The van der Waals surface area contributed by atoms with Crippen molar-refractivity contribution in [1.29, 1.82) is 0 Å². The standard InChI is InChI=1S/C21H26N6O8/c22-12(6-16(23)28)19(33)26-14(5-10-8-24-13-4-2-1-3-11(10)13)21(35)27-15(7-17(29)30)20(34)25-9-18(31)32/h1-4,8,12,14-15,24H,5-7,9,22H2,(H2,23,28)(H,25,34)(H,26,33)(H,27,35)(H,29,30)(H,31,32). The molecule has 14 nitrogen and oxygen atoms in total. The molecule has 0 aliphatic heterocycles. The number of hydrogen-bond acceptors (Lipinski definition) is 7. The van der Waals surface area contributed by atoms with Gasteiger partial charge in [-0.2, -0.15) is 0 Å². The first-order valence-electron chi connectivity index (χ1n) is 10.4. The second-order valence-electron chi connectivity index (χ2n) is 7.67. The van der Waals surface area contributed by atoms with Crippen LogP contribution in [0, 0.1) is 0 Å². The van der Waals surface area contributed by atoms with Crippen molar-refractivity contribution in [2.75, 3.05) is 6.54 Å². The summed E-state index contributed by atoms with van der Waals surface area (Å²) < 4.78 is 0. The number of aromatic nitrogens is 1. The van der Waals surface area contributed by atoms with E-state index in [0.29, 0.717) is 5.56 Å². The van der Waals surface area contributed by atoms with Gasteiger partial charge >= 0.3 is 11.9 Å². The molecule has 0 radical (unpaired) electrons. The van der Waals surface area contributed by atoms with E-state index in [1.807, 2.05) is 5.32 Å². The molecule has 0 aliphatic rings. The molecule has 2 rings (SSSR count). The largest absolute Gasteiger partial charge is 0.481 e. The summed E-state index contributed by atoms with van der Waals surface area (Å²) in [6, 6.07) is 2.84. The summed E-state index contributed by atoms with van der Waals surface area (Å²) in [6.07, 6.45) is 0.217. The Morgan fingerprint density at radius 3 is 2.17 bits per heavy atom. The van der Waals surface area contributed by atoms with Crippen LogP contribution >= 0.6 is 0 Å². The summed E-state index contributed by atoms with van der Waals surface area (Å²) in [5, 5.41) is 25.2. The zero-order valence-corrected chi connectivity index (χ0v) is 18.4. The second-order valence-corrected chi connectivity index (χ2v) is 7.67. The Balaban J connectivity index is 2.28. The number of benzene rings is 1. The van der Waals surface area contributed by atoms with Crippen LogP contribution in [0.2, 0.25) is 0 Å². The highest BCUT2D eigenvalue weighted by Crippen LogP contribution is 2.19. The van der Waals surface area contributed by atoms with Gasteiger partial charge in [0.1, 0.15) is 18.6 Å². The van der Waals surface area contributed by atoms with Gasteiger partial charge < -0.3 is 42.6 Å². The first-order valence-corrected chi connectivity index (χ1v) is 10.4. The Morgan fingerprint density at radius 1 is 0.886 bits per heavy atom. The molecule has 0 aliphatic carbocycles. The number of nitrogens with one attached hydrogen (secondary N) is 4. The Hall–Kier alpha value is -4.46. The summed E-state index contributed by atoms with van der Waals surface area (Å²) in [5.41, 5.74) is 12.1. The van der Waals surface area contributed by atoms with Gasteiger partial charge in [0.15, 0.2) is 0 Å². The van der Waals surface area contributed by atoms with Crippen molar-refractivity contribution in [2.24, 2.45) is 11.5 Å². The molecule has 188 valence electrons. The zero-order chi connectivity index (χ0) is 26.1. The summed E-state index contributed by atoms with van der Waals surface area (Å²) in [5.74, 6) is -6.46. The van der Waals surface area contributed by atoms with Crippen LogP contribution in [0.1, 0.15) is 18.4 Å². The number of amides is 4. The van der Waals surface area contributed by atoms with Crippen molar-refractivity contribution in [3.63, 3.8) is 0 Å². The Labute approximate surface area is 198 Å². The van der Waals surface area contributed by atoms with Crippen LogP contribution in [-0.4, -0.2) is 75.4 Å². The van der Waals surface area contributed by atoms with Crippen molar-refractivity contribution >= 4 is 46.5 Å². The molecule has 4 amide bonds. The molecule has 0 saturated carbocycles. The number of nitrogens with two attached hydrogens (primary N) is 2. The number of carbonyl (C=O) groups is 6. The molecule has 35 heavy (non-hydrogen) atoms. The third-order valence-corrected chi connectivity index (χ3v) is 4.92. The summed E-state index contributed by atoms with van der Waals surface area (Å²) in [4.78, 5) is 73.9. The van der Waals surface area contributed by atoms with E-state index in [1.54, 1.807) is 30.5 Å². The molecule has 2 aromatic rings. The predicted molar refractivity (Wildman–Crippen MR) is 121 cm³/mol. The van der Waals surface area contributed by atoms with Gasteiger partial charge in [-0.15, -0.1) is 0 Å². The third-order valence-electron chi connectivity index (χ3n) is 4.92. The lowest BCUT2D eigenvalue weighted by Crippen LogP contribution is -2.57. The number of rotatable bonds is 13. The molecule has 1 heterocycles. The Kier molecular flexibility index (Phi) is 9.28. The minimum Gasteiger partial charge on any atom is -0.481 e. The van der Waals surface area contributed by atoms with Crippen LogP contribution in [0.25, 0.3) is 10.9 Å². The predicted octanol–water partition coefficient (Wildman–Crippen LogP) is -2.44. The van der Waals surface area contributed by atoms with Crippen molar-refractivity contribution in [3.8, 4) is 0 Å². The first kappa shape index (κ1) is 26.8. The Morgan fingerprint density at radius 2 is 1.54 bits per heavy atom. The number of para-hydroxylation sites is 1. The second kappa shape index (κ2) is 12.1. The molecule has 1 aromatic heterocycles. The maximum Gasteiger partial charge on any atom is 0.322 e. The molecule has 3 unspecified atom stereocenters. The van der Waals surface area contributed by atoms with E-state index in [9.17, 15) is 28.8 Å². The van der Waals surface area contributed by atoms with Crippen molar-refractivity contribution in [1.82, 2.24) is 20.9 Å². The number of aromatic amines is 1. The molecule has 0 bridgehead atoms. The monoisotopic (exact) mass is 490 g/mol. The maximum atomic E-state index is 13.1. The molecule has 0 saturated heterocycles. The van der Waals surface area contributed by atoms with Crippen molar-refractivity contribution < 1.29 is 39.0 Å². The van der Waals surface area contributed by atoms with E-state index in [2.05, 4.69) is 15.6 Å². The minimum absolute atomic E-state index is 0.0819. The van der Waals surface area contributed by atoms with Crippen LogP contribution < -0.4 is 27.4 Å². The lowest BCUT2D eigenvalue weighted by molar-refractivity contribution is -0.141. The fourth-order valence-electron chi connectivity index (χ4n) is 3.26. The van der Waals surface area contributed by atoms with E-state index in [-0.39, 0.29) is 6.42 Å². The van der Waals surface area contributed by atoms with Gasteiger partial charge in [-0.05, 0) is 11.6 Å². The fourth-order valence-corrected chi connectivity index (χ4v) is 3.26. The zero-order valence-electron chi connectivity index (χ0n) is 18.4. The van der Waals surface area contributed by atoms with Gasteiger partial charge in [-0.25, -0.2) is 0 Å². The summed E-state index contributed by atoms with van der Waals surface area (Å²) >= 11 is 0. The lowest BCUT2D eigenvalue weighted by Gasteiger charge is -2.23. The van der Waals surface area contributed by atoms with Gasteiger partial charge in [-0.1, -0.05) is 18.2 Å². The van der Waals surface area contributed by atoms with Gasteiger partial charge in [0.25, 0.3) is 0 Å². The highest BCUT2D eigenvalue weighted by molar-refractivity contribution is 5.96. The molecule has 0 spiro atoms. The van der Waals surface area contributed by atoms with Crippen LogP contribution in [0.4, 0.5) is 0 Å². The average molecular weight is 490 g/mol. The number of carboxylic acids is 2. The maximum absolute atomic E-state index is 13.1. The number of primary amides is 1. The van der Waals surface area contributed by atoms with Gasteiger partial charge in [-0.3, -0.25) is 28.8 Å². The summed E-state index contributed by atoms with van der Waals surface area (Å²) in [7, 11) is 0. The molecule has 1 aromatic carbocycles. The number of H-pyrrole nitrogens is 1. The number of carbonyl (C=O) groups excluding carboxylic acids is 4. The third kappa shape index (κ3) is 8.12. The fraction of sp³-hybridized carbons (Fsp3) is 0.333. The average Bonchev–Trinajstić information content (AvgIpc) is 3.18. The normalized spacial score (nSPS) is 13.3. The summed E-state index contributed by atoms with van der Waals surface area (Å²) in [6.45, 7) is -0.789. The van der Waals surface area contributed by atoms with Crippen LogP contribution in [0.3, 0.4) is 0 Å². The lowest BCUT2D eigenvalue weighted by atomic mass is 10.0. The number of carboxylic acid groups (broad SMARTS) is 2. The molecule has 3 atom stereocenters. The van der Waals surface area contributed by atoms with Gasteiger partial charge in [0.05, 0.1) is 18.9 Å². The highest BCUT2D eigenvalue weighted by atomic mass is 16.4. The van der Waals surface area contributed by atoms with E-state index >= 15 is 0 Å². The van der Waals surface area contributed by atoms with E-state index in [4.69, 9.17) is 21.7 Å². The van der Waals surface area contributed by atoms with Crippen LogP contribution in [0.15, 0.2) is 30.5 Å². The minimum atomic E-state index is -1.62. The van der Waals surface area contributed by atoms with Crippen molar-refractivity contribution in [2.45, 2.75) is 37.4 Å². The number of aliphatic carboxylic acids is 2. The Bertz CT molecular complexity index is 1130. The SMILES string of the molecule is NC(=O)CC(N)C(=O)NC(Cc1c[nH]c2ccccc12)C(=O)NC(CC(=O)O)C(=O)NCC(=O)O. The molecule has 14 heteroatoms. The van der Waals surface area contributed by atoms with Gasteiger partial charge in [0, 0.05) is 23.5 Å². The molecule has 0 fully saturated rings. The number of fused-ring (bicyclic) bond motifs is 1. The van der Waals surface area contributed by atoms with Crippen LogP contribution in [0.5, 0.6) is 0 Å². The quantitative estimate of drug-likeness (QED) is 0.148. The van der Waals surface area contributed by atoms with Gasteiger partial charge in [0.2, 0.25) is 23.6 Å². The van der Waals surface area contributed by atoms with E-state index in [1.165, 1.54) is 0 Å². The van der Waals surface area contributed by atoms with Crippen LogP contribution in [-0.2, 0) is 35.2 Å². The van der Waals surface area contributed by atoms with E-state index in [0.717, 1.165) is 10.9 Å². The van der Waals surface area contributed by atoms with Crippen molar-refractivity contribution in [3.05, 3.63) is 36.0 Å². The number of hydrogen-bond donors (Lipinski definition) is 8. The molecule has 10 N–H and O–H groups in total. The molecular formula is C21H26N6O8. The smallest absolute Gasteiger partial charge is 0.322 e. The van der Waals surface area contributed by atoms with E-state index < -0.39 is 73.1 Å². The highest BCUT2D eigenvalue weighted by Gasteiger charge is 2.30. The topological polar surface area (TPSA) is 247 Å². The molecular weight excluding hydrogens is 464 g/mol.